The van der Waals surface area contributed by atoms with Gasteiger partial charge in [0, 0.05) is 37.6 Å². The lowest BCUT2D eigenvalue weighted by Crippen LogP contribution is -2.68. The normalized spacial score (nSPS) is 45.9. The van der Waals surface area contributed by atoms with Gasteiger partial charge in [-0.3, -0.25) is 4.79 Å². The lowest BCUT2D eigenvalue weighted by molar-refractivity contribution is -0.221. The first-order valence-electron chi connectivity index (χ1n) is 20.0. The van der Waals surface area contributed by atoms with Crippen LogP contribution >= 0.6 is 0 Å². The smallest absolute Gasteiger partial charge is 0.220 e. The third-order valence-corrected chi connectivity index (χ3v) is 18.8. The highest BCUT2D eigenvalue weighted by Gasteiger charge is 2.70. The molecule has 1 amide bonds. The standard InChI is InChI=1S/C42H67N3O3S/c1-28(2)31-14-19-42(44-22-23-45-24-26-49(47,48)27-25-45)21-20-40(6)33(36(31)42)12-13-35-39(5)17-15-32(29-8-10-30(11-9-29)37(43)46)38(3,4)34(39)16-18-41(35,40)7/h8,15,30-31,33-36,44H,1,9-14,16-27H2,2-7H3,(H2,43,46). The molecule has 7 heteroatoms. The van der Waals surface area contributed by atoms with E-state index in [1.165, 1.54) is 68.9 Å². The van der Waals surface area contributed by atoms with Gasteiger partial charge in [0.1, 0.15) is 0 Å². The molecule has 49 heavy (non-hydrogen) atoms. The van der Waals surface area contributed by atoms with Crippen molar-refractivity contribution in [2.75, 3.05) is 37.7 Å². The van der Waals surface area contributed by atoms with E-state index in [0.717, 1.165) is 38.3 Å². The van der Waals surface area contributed by atoms with Gasteiger partial charge in [0.25, 0.3) is 0 Å². The second kappa shape index (κ2) is 12.3. The van der Waals surface area contributed by atoms with E-state index in [4.69, 9.17) is 5.73 Å². The molecule has 0 radical (unpaired) electrons. The minimum Gasteiger partial charge on any atom is -0.369 e. The number of nitrogens with zero attached hydrogens (tertiary/aromatic N) is 1. The van der Waals surface area contributed by atoms with Crippen LogP contribution in [0.3, 0.4) is 0 Å². The van der Waals surface area contributed by atoms with Gasteiger partial charge in [-0.15, -0.1) is 0 Å². The van der Waals surface area contributed by atoms with Crippen LogP contribution in [0, 0.1) is 57.2 Å². The fraction of sp³-hybridized carbons (Fsp3) is 0.833. The number of sulfone groups is 1. The predicted molar refractivity (Wildman–Crippen MR) is 200 cm³/mol. The molecular formula is C42H67N3O3S. The molecule has 6 nitrogen and oxygen atoms in total. The summed E-state index contributed by atoms with van der Waals surface area (Å²) in [4.78, 5) is 14.2. The summed E-state index contributed by atoms with van der Waals surface area (Å²) in [6.07, 6.45) is 19.2. The fourth-order valence-electron chi connectivity index (χ4n) is 14.4. The zero-order valence-corrected chi connectivity index (χ0v) is 32.5. The van der Waals surface area contributed by atoms with Crippen LogP contribution in [-0.4, -0.2) is 62.4 Å². The molecule has 1 saturated heterocycles. The SMILES string of the molecule is C=C(C)C1CCC2(NCCN3CCS(=O)(=O)CC3)CCC3(C)C(CCC4C5(C)CC=C(C6=CCC(C(N)=O)CC6)C(C)(C)C5CCC43C)C12. The molecule has 274 valence electrons. The van der Waals surface area contributed by atoms with Crippen LogP contribution in [-0.2, 0) is 14.6 Å². The first kappa shape index (κ1) is 35.9. The number of hydrogen-bond donors (Lipinski definition) is 2. The molecule has 7 rings (SSSR count). The summed E-state index contributed by atoms with van der Waals surface area (Å²) in [5.74, 6) is 3.77. The van der Waals surface area contributed by atoms with Crippen LogP contribution in [0.2, 0.25) is 0 Å². The molecule has 0 aromatic carbocycles. The number of carbonyl (C=O) groups is 1. The van der Waals surface area contributed by atoms with E-state index in [1.807, 2.05) is 0 Å². The number of carbonyl (C=O) groups excluding carboxylic acids is 1. The Balaban J connectivity index is 1.13. The Morgan fingerprint density at radius 3 is 2.33 bits per heavy atom. The van der Waals surface area contributed by atoms with Crippen LogP contribution in [0.25, 0.3) is 0 Å². The highest BCUT2D eigenvalue weighted by molar-refractivity contribution is 7.91. The Kier molecular flexibility index (Phi) is 9.04. The summed E-state index contributed by atoms with van der Waals surface area (Å²) >= 11 is 0. The summed E-state index contributed by atoms with van der Waals surface area (Å²) < 4.78 is 24.1. The first-order valence-corrected chi connectivity index (χ1v) is 21.8. The largest absolute Gasteiger partial charge is 0.369 e. The average Bonchev–Trinajstić information content (AvgIpc) is 3.42. The summed E-state index contributed by atoms with van der Waals surface area (Å²) in [5.41, 5.74) is 11.3. The maximum Gasteiger partial charge on any atom is 0.220 e. The van der Waals surface area contributed by atoms with E-state index in [2.05, 4.69) is 70.5 Å². The number of nitrogens with two attached hydrogens (primary N) is 1. The number of amides is 1. The molecular weight excluding hydrogens is 627 g/mol. The Morgan fingerprint density at radius 2 is 1.67 bits per heavy atom. The van der Waals surface area contributed by atoms with E-state index < -0.39 is 9.84 Å². The van der Waals surface area contributed by atoms with Crippen LogP contribution in [0.1, 0.15) is 119 Å². The highest BCUT2D eigenvalue weighted by atomic mass is 32.2. The van der Waals surface area contributed by atoms with Crippen molar-refractivity contribution in [1.82, 2.24) is 10.2 Å². The molecule has 7 aliphatic rings. The van der Waals surface area contributed by atoms with Gasteiger partial charge in [-0.1, -0.05) is 58.9 Å². The van der Waals surface area contributed by atoms with E-state index in [-0.39, 0.29) is 28.2 Å². The lowest BCUT2D eigenvalue weighted by atomic mass is 9.33. The summed E-state index contributed by atoms with van der Waals surface area (Å²) in [6.45, 7) is 23.4. The van der Waals surface area contributed by atoms with E-state index in [1.54, 1.807) is 5.57 Å². The van der Waals surface area contributed by atoms with Crippen LogP contribution in [0.4, 0.5) is 0 Å². The molecule has 1 aliphatic heterocycles. The minimum atomic E-state index is -2.85. The fourth-order valence-corrected chi connectivity index (χ4v) is 15.7. The monoisotopic (exact) mass is 693 g/mol. The van der Waals surface area contributed by atoms with Crippen molar-refractivity contribution < 1.29 is 13.2 Å². The number of allylic oxidation sites excluding steroid dienone is 5. The van der Waals surface area contributed by atoms with E-state index >= 15 is 0 Å². The van der Waals surface area contributed by atoms with Crippen molar-refractivity contribution in [2.24, 2.45) is 62.9 Å². The molecule has 10 unspecified atom stereocenters. The van der Waals surface area contributed by atoms with E-state index in [9.17, 15) is 13.2 Å². The van der Waals surface area contributed by atoms with Crippen LogP contribution in [0.15, 0.2) is 35.5 Å². The summed E-state index contributed by atoms with van der Waals surface area (Å²) in [7, 11) is -2.85. The molecule has 0 bridgehead atoms. The van der Waals surface area contributed by atoms with Gasteiger partial charge in [-0.2, -0.15) is 0 Å². The Hall–Kier alpha value is -1.44. The third kappa shape index (κ3) is 5.59. The topological polar surface area (TPSA) is 92.5 Å². The van der Waals surface area contributed by atoms with Gasteiger partial charge in [0.15, 0.2) is 9.84 Å². The van der Waals surface area contributed by atoms with Crippen molar-refractivity contribution in [3.8, 4) is 0 Å². The van der Waals surface area contributed by atoms with Crippen molar-refractivity contribution >= 4 is 15.7 Å². The molecule has 1 heterocycles. The molecule has 6 aliphatic carbocycles. The molecule has 5 fully saturated rings. The van der Waals surface area contributed by atoms with Gasteiger partial charge < -0.3 is 16.0 Å². The summed E-state index contributed by atoms with van der Waals surface area (Å²) in [6, 6.07) is 0. The van der Waals surface area contributed by atoms with Crippen LogP contribution in [0.5, 0.6) is 0 Å². The van der Waals surface area contributed by atoms with E-state index in [0.29, 0.717) is 59.1 Å². The zero-order valence-electron chi connectivity index (χ0n) is 31.7. The number of nitrogens with one attached hydrogen (secondary N) is 1. The van der Waals surface area contributed by atoms with Crippen molar-refractivity contribution in [2.45, 2.75) is 124 Å². The number of hydrogen-bond acceptors (Lipinski definition) is 5. The van der Waals surface area contributed by atoms with Gasteiger partial charge in [-0.25, -0.2) is 8.42 Å². The molecule has 3 N–H and O–H groups in total. The first-order chi connectivity index (χ1) is 23.0. The highest BCUT2D eigenvalue weighted by Crippen LogP contribution is 2.76. The lowest BCUT2D eigenvalue weighted by Gasteiger charge is -2.72. The third-order valence-electron chi connectivity index (χ3n) is 17.1. The predicted octanol–water partition coefficient (Wildman–Crippen LogP) is 7.46. The second-order valence-corrected chi connectivity index (χ2v) is 21.7. The molecule has 10 atom stereocenters. The van der Waals surface area contributed by atoms with Gasteiger partial charge in [0.2, 0.25) is 5.91 Å². The maximum atomic E-state index is 12.0. The van der Waals surface area contributed by atoms with Crippen LogP contribution < -0.4 is 11.1 Å². The van der Waals surface area contributed by atoms with Gasteiger partial charge in [0.05, 0.1) is 11.5 Å². The summed E-state index contributed by atoms with van der Waals surface area (Å²) in [5, 5.41) is 4.22. The zero-order chi connectivity index (χ0) is 35.2. The minimum absolute atomic E-state index is 0.00258. The molecule has 0 aromatic rings. The molecule has 4 saturated carbocycles. The van der Waals surface area contributed by atoms with Crippen molar-refractivity contribution in [3.63, 3.8) is 0 Å². The Bertz CT molecular complexity index is 1520. The second-order valence-electron chi connectivity index (χ2n) is 19.4. The molecule has 0 aromatic heterocycles. The number of rotatable bonds is 7. The number of primary amides is 1. The Morgan fingerprint density at radius 1 is 0.939 bits per heavy atom. The van der Waals surface area contributed by atoms with Crippen molar-refractivity contribution in [1.29, 1.82) is 0 Å². The maximum absolute atomic E-state index is 12.0. The Labute approximate surface area is 298 Å². The van der Waals surface area contributed by atoms with Crippen molar-refractivity contribution in [3.05, 3.63) is 35.5 Å². The van der Waals surface area contributed by atoms with Gasteiger partial charge in [-0.05, 0) is 146 Å². The molecule has 0 spiro atoms. The quantitative estimate of drug-likeness (QED) is 0.270. The van der Waals surface area contributed by atoms with Gasteiger partial charge >= 0.3 is 0 Å². The average molecular weight is 694 g/mol. The number of fused-ring (bicyclic) bond motifs is 7.